The zero-order chi connectivity index (χ0) is 9.64. The number of hydrogen-bond donors (Lipinski definition) is 0. The molecular weight excluding hydrogens is 162 g/mol. The predicted octanol–water partition coefficient (Wildman–Crippen LogP) is 1.24. The minimum atomic E-state index is 0.346. The van der Waals surface area contributed by atoms with Gasteiger partial charge in [0.25, 0.3) is 5.82 Å². The molecule has 72 valence electrons. The second-order valence-corrected chi connectivity index (χ2v) is 5.03. The maximum atomic E-state index is 4.43. The third-order valence-electron chi connectivity index (χ3n) is 2.84. The zero-order valence-corrected chi connectivity index (χ0v) is 8.91. The Morgan fingerprint density at radius 2 is 2.23 bits per heavy atom. The van der Waals surface area contributed by atoms with E-state index in [0.717, 1.165) is 6.42 Å². The van der Waals surface area contributed by atoms with Gasteiger partial charge in [-0.3, -0.25) is 0 Å². The van der Waals surface area contributed by atoms with Gasteiger partial charge in [-0.1, -0.05) is 20.8 Å². The van der Waals surface area contributed by atoms with Crippen LogP contribution in [0.4, 0.5) is 0 Å². The minimum absolute atomic E-state index is 0.346. The predicted molar refractivity (Wildman–Crippen MR) is 50.2 cm³/mol. The first-order valence-corrected chi connectivity index (χ1v) is 4.92. The summed E-state index contributed by atoms with van der Waals surface area (Å²) in [6, 6.07) is 0.621. The van der Waals surface area contributed by atoms with Gasteiger partial charge >= 0.3 is 0 Å². The van der Waals surface area contributed by atoms with Crippen LogP contribution in [0.25, 0.3) is 0 Å². The Morgan fingerprint density at radius 1 is 1.54 bits per heavy atom. The van der Waals surface area contributed by atoms with E-state index < -0.39 is 0 Å². The van der Waals surface area contributed by atoms with Gasteiger partial charge in [-0.25, -0.2) is 4.57 Å². The Bertz CT molecular complexity index is 319. The van der Waals surface area contributed by atoms with Crippen LogP contribution in [0.15, 0.2) is 6.33 Å². The monoisotopic (exact) mass is 180 g/mol. The van der Waals surface area contributed by atoms with Gasteiger partial charge in [0.2, 0.25) is 6.33 Å². The van der Waals surface area contributed by atoms with Crippen LogP contribution in [0.5, 0.6) is 0 Å². The largest absolute Gasteiger partial charge is 0.277 e. The molecule has 0 bridgehead atoms. The van der Waals surface area contributed by atoms with Gasteiger partial charge in [0.1, 0.15) is 0 Å². The quantitative estimate of drug-likeness (QED) is 0.550. The van der Waals surface area contributed by atoms with Crippen molar-refractivity contribution in [1.82, 2.24) is 9.78 Å². The molecule has 1 atom stereocenters. The lowest BCUT2D eigenvalue weighted by Gasteiger charge is -2.24. The van der Waals surface area contributed by atoms with E-state index in [4.69, 9.17) is 0 Å². The summed E-state index contributed by atoms with van der Waals surface area (Å²) in [4.78, 5) is 0. The van der Waals surface area contributed by atoms with Crippen LogP contribution in [0, 0.1) is 5.41 Å². The van der Waals surface area contributed by atoms with Crippen molar-refractivity contribution < 1.29 is 4.57 Å². The van der Waals surface area contributed by atoms with Crippen molar-refractivity contribution in [2.45, 2.75) is 39.7 Å². The molecule has 1 aliphatic rings. The number of hydrogen-bond acceptors (Lipinski definition) is 1. The van der Waals surface area contributed by atoms with E-state index in [2.05, 4.69) is 36.8 Å². The third-order valence-corrected chi connectivity index (χ3v) is 2.84. The summed E-state index contributed by atoms with van der Waals surface area (Å²) >= 11 is 0. The van der Waals surface area contributed by atoms with Crippen molar-refractivity contribution in [1.29, 1.82) is 0 Å². The van der Waals surface area contributed by atoms with Crippen molar-refractivity contribution in [3.8, 4) is 0 Å². The molecule has 0 saturated carbocycles. The maximum Gasteiger partial charge on any atom is 0.277 e. The fourth-order valence-corrected chi connectivity index (χ4v) is 2.20. The first-order valence-electron chi connectivity index (χ1n) is 4.92. The fourth-order valence-electron chi connectivity index (χ4n) is 2.20. The Kier molecular flexibility index (Phi) is 1.72. The topological polar surface area (TPSA) is 21.7 Å². The lowest BCUT2D eigenvalue weighted by atomic mass is 9.85. The van der Waals surface area contributed by atoms with Gasteiger partial charge in [0, 0.05) is 11.5 Å². The van der Waals surface area contributed by atoms with Crippen LogP contribution in [0.2, 0.25) is 0 Å². The molecule has 0 fully saturated rings. The van der Waals surface area contributed by atoms with Crippen LogP contribution < -0.4 is 4.57 Å². The van der Waals surface area contributed by atoms with Crippen LogP contribution >= 0.6 is 0 Å². The number of aromatic nitrogens is 3. The molecule has 1 aromatic heterocycles. The smallest absolute Gasteiger partial charge is 0.231 e. The summed E-state index contributed by atoms with van der Waals surface area (Å²) < 4.78 is 4.24. The highest BCUT2D eigenvalue weighted by Gasteiger charge is 2.37. The normalized spacial score (nSPS) is 22.0. The molecule has 13 heavy (non-hydrogen) atoms. The average molecular weight is 180 g/mol. The lowest BCUT2D eigenvalue weighted by molar-refractivity contribution is -0.729. The van der Waals surface area contributed by atoms with Gasteiger partial charge in [-0.05, 0) is 11.8 Å². The molecule has 0 N–H and O–H groups in total. The van der Waals surface area contributed by atoms with Gasteiger partial charge in [0.05, 0.1) is 13.1 Å². The molecule has 2 heterocycles. The second-order valence-electron chi connectivity index (χ2n) is 5.03. The van der Waals surface area contributed by atoms with E-state index in [0.29, 0.717) is 11.5 Å². The molecule has 1 aromatic rings. The van der Waals surface area contributed by atoms with Crippen LogP contribution in [-0.2, 0) is 13.5 Å². The molecular formula is C10H18N3+. The Balaban J connectivity index is 2.37. The highest BCUT2D eigenvalue weighted by Crippen LogP contribution is 2.33. The summed E-state index contributed by atoms with van der Waals surface area (Å²) in [5.74, 6) is 1.24. The molecule has 3 nitrogen and oxygen atoms in total. The summed E-state index contributed by atoms with van der Waals surface area (Å²) in [6.07, 6.45) is 4.48. The molecule has 0 saturated heterocycles. The molecule has 0 spiro atoms. The van der Waals surface area contributed by atoms with Crippen molar-refractivity contribution >= 4 is 0 Å². The molecule has 1 aliphatic heterocycles. The molecule has 2 rings (SSSR count). The Morgan fingerprint density at radius 3 is 2.85 bits per heavy atom. The SMILES string of the molecule is Cn1c[n+]2c(n1)CC[C@@H]2C(C)(C)C. The molecule has 0 aliphatic carbocycles. The summed E-state index contributed by atoms with van der Waals surface area (Å²) in [7, 11) is 1.99. The molecule has 0 radical (unpaired) electrons. The number of rotatable bonds is 0. The second kappa shape index (κ2) is 2.56. The van der Waals surface area contributed by atoms with Crippen LogP contribution in [0.1, 0.15) is 39.1 Å². The van der Waals surface area contributed by atoms with Crippen molar-refractivity contribution in [3.05, 3.63) is 12.2 Å². The minimum Gasteiger partial charge on any atom is -0.231 e. The molecule has 0 aromatic carbocycles. The Hall–Kier alpha value is -0.860. The Labute approximate surface area is 79.4 Å². The van der Waals surface area contributed by atoms with E-state index in [1.807, 2.05) is 11.7 Å². The standard InChI is InChI=1S/C10H18N3/c1-10(2,3)8-5-6-9-11-12(4)7-13(8)9/h7-8H,5-6H2,1-4H3/q+1/t8-/m1/s1. The van der Waals surface area contributed by atoms with Crippen molar-refractivity contribution in [2.24, 2.45) is 12.5 Å². The summed E-state index contributed by atoms with van der Waals surface area (Å²) in [6.45, 7) is 6.90. The first-order chi connectivity index (χ1) is 5.98. The molecule has 3 heteroatoms. The van der Waals surface area contributed by atoms with Crippen LogP contribution in [-0.4, -0.2) is 9.78 Å². The summed E-state index contributed by atoms with van der Waals surface area (Å²) in [5, 5.41) is 4.43. The summed E-state index contributed by atoms with van der Waals surface area (Å²) in [5.41, 5.74) is 0.346. The van der Waals surface area contributed by atoms with E-state index in [9.17, 15) is 0 Å². The maximum absolute atomic E-state index is 4.43. The van der Waals surface area contributed by atoms with Crippen molar-refractivity contribution in [2.75, 3.05) is 0 Å². The van der Waals surface area contributed by atoms with E-state index in [1.54, 1.807) is 0 Å². The number of fused-ring (bicyclic) bond motifs is 1. The van der Waals surface area contributed by atoms with E-state index in [-0.39, 0.29) is 0 Å². The first kappa shape index (κ1) is 8.73. The third kappa shape index (κ3) is 1.36. The van der Waals surface area contributed by atoms with Gasteiger partial charge in [0.15, 0.2) is 0 Å². The fraction of sp³-hybridized carbons (Fsp3) is 0.800. The van der Waals surface area contributed by atoms with Crippen LogP contribution in [0.3, 0.4) is 0 Å². The molecule has 0 unspecified atom stereocenters. The van der Waals surface area contributed by atoms with E-state index in [1.165, 1.54) is 12.2 Å². The highest BCUT2D eigenvalue weighted by molar-refractivity contribution is 4.84. The molecule has 0 amide bonds. The zero-order valence-electron chi connectivity index (χ0n) is 8.91. The number of aryl methyl sites for hydroxylation is 2. The number of nitrogens with zero attached hydrogens (tertiary/aromatic N) is 3. The van der Waals surface area contributed by atoms with Gasteiger partial charge in [-0.2, -0.15) is 0 Å². The van der Waals surface area contributed by atoms with E-state index >= 15 is 0 Å². The average Bonchev–Trinajstić information content (AvgIpc) is 2.41. The van der Waals surface area contributed by atoms with Gasteiger partial charge in [-0.15, -0.1) is 4.68 Å². The van der Waals surface area contributed by atoms with Gasteiger partial charge < -0.3 is 0 Å². The van der Waals surface area contributed by atoms with Crippen molar-refractivity contribution in [3.63, 3.8) is 0 Å². The lowest BCUT2D eigenvalue weighted by Crippen LogP contribution is -2.43. The highest BCUT2D eigenvalue weighted by atomic mass is 15.4.